The maximum absolute atomic E-state index is 12.5. The van der Waals surface area contributed by atoms with Crippen molar-refractivity contribution >= 4 is 5.91 Å². The zero-order chi connectivity index (χ0) is 15.2. The molecule has 1 amide bonds. The van der Waals surface area contributed by atoms with Gasteiger partial charge in [-0.2, -0.15) is 0 Å². The van der Waals surface area contributed by atoms with Gasteiger partial charge in [0.25, 0.3) is 0 Å². The Bertz CT molecular complexity index is 451. The molecule has 0 radical (unpaired) electrons. The summed E-state index contributed by atoms with van der Waals surface area (Å²) in [6, 6.07) is 8.39. The first-order valence-electron chi connectivity index (χ1n) is 8.08. The van der Waals surface area contributed by atoms with Crippen molar-refractivity contribution in [2.75, 3.05) is 7.11 Å². The van der Waals surface area contributed by atoms with E-state index in [9.17, 15) is 4.79 Å². The summed E-state index contributed by atoms with van der Waals surface area (Å²) in [6.45, 7) is 5.04. The standard InChI is InChI=1S/C18H27NO2/c1-4-5-6-18(20)19(14(2)16-9-10-16)13-15-7-11-17(21-3)12-8-15/h7-8,11-12,14,16H,4-6,9-10,13H2,1-3H3. The zero-order valence-corrected chi connectivity index (χ0v) is 13.5. The summed E-state index contributed by atoms with van der Waals surface area (Å²) < 4.78 is 5.19. The highest BCUT2D eigenvalue weighted by Crippen LogP contribution is 2.36. The maximum Gasteiger partial charge on any atom is 0.223 e. The van der Waals surface area contributed by atoms with E-state index in [1.165, 1.54) is 18.4 Å². The molecule has 0 aromatic heterocycles. The Morgan fingerprint density at radius 2 is 2.00 bits per heavy atom. The Morgan fingerprint density at radius 3 is 2.52 bits per heavy atom. The number of unbranched alkanes of at least 4 members (excludes halogenated alkanes) is 1. The largest absolute Gasteiger partial charge is 0.497 e. The third-order valence-corrected chi connectivity index (χ3v) is 4.37. The topological polar surface area (TPSA) is 29.5 Å². The number of amides is 1. The molecule has 0 N–H and O–H groups in total. The summed E-state index contributed by atoms with van der Waals surface area (Å²) in [4.78, 5) is 14.6. The fourth-order valence-corrected chi connectivity index (χ4v) is 2.69. The van der Waals surface area contributed by atoms with E-state index in [4.69, 9.17) is 4.74 Å². The summed E-state index contributed by atoms with van der Waals surface area (Å²) in [7, 11) is 1.67. The van der Waals surface area contributed by atoms with Gasteiger partial charge in [-0.1, -0.05) is 25.5 Å². The van der Waals surface area contributed by atoms with Crippen LogP contribution < -0.4 is 4.74 Å². The third-order valence-electron chi connectivity index (χ3n) is 4.37. The minimum Gasteiger partial charge on any atom is -0.497 e. The number of methoxy groups -OCH3 is 1. The Morgan fingerprint density at radius 1 is 1.33 bits per heavy atom. The minimum absolute atomic E-state index is 0.298. The van der Waals surface area contributed by atoms with Crippen LogP contribution in [0, 0.1) is 5.92 Å². The van der Waals surface area contributed by atoms with Crippen LogP contribution in [0.4, 0.5) is 0 Å². The summed E-state index contributed by atoms with van der Waals surface area (Å²) in [5, 5.41) is 0. The molecular formula is C18H27NO2. The predicted octanol–water partition coefficient (Wildman–Crippen LogP) is 4.01. The number of carbonyl (C=O) groups excluding carboxylic acids is 1. The van der Waals surface area contributed by atoms with Gasteiger partial charge in [0, 0.05) is 19.0 Å². The fourth-order valence-electron chi connectivity index (χ4n) is 2.69. The molecule has 0 saturated heterocycles. The first kappa shape index (κ1) is 15.9. The second-order valence-electron chi connectivity index (χ2n) is 6.05. The molecule has 2 rings (SSSR count). The highest BCUT2D eigenvalue weighted by atomic mass is 16.5. The van der Waals surface area contributed by atoms with Crippen LogP contribution in [0.2, 0.25) is 0 Å². The van der Waals surface area contributed by atoms with Crippen molar-refractivity contribution in [3.05, 3.63) is 29.8 Å². The van der Waals surface area contributed by atoms with Gasteiger partial charge in [-0.15, -0.1) is 0 Å². The van der Waals surface area contributed by atoms with E-state index >= 15 is 0 Å². The first-order valence-corrected chi connectivity index (χ1v) is 8.08. The molecule has 0 bridgehead atoms. The molecule has 1 aliphatic carbocycles. The number of ether oxygens (including phenoxy) is 1. The number of hydrogen-bond donors (Lipinski definition) is 0. The van der Waals surface area contributed by atoms with Gasteiger partial charge in [-0.3, -0.25) is 4.79 Å². The van der Waals surface area contributed by atoms with Crippen LogP contribution in [0.3, 0.4) is 0 Å². The normalized spacial score (nSPS) is 15.6. The summed E-state index contributed by atoms with van der Waals surface area (Å²) in [5.41, 5.74) is 1.17. The molecule has 0 spiro atoms. The van der Waals surface area contributed by atoms with Crippen LogP contribution in [0.1, 0.15) is 51.5 Å². The van der Waals surface area contributed by atoms with Gasteiger partial charge in [0.2, 0.25) is 5.91 Å². The van der Waals surface area contributed by atoms with Gasteiger partial charge >= 0.3 is 0 Å². The molecule has 1 aliphatic rings. The van der Waals surface area contributed by atoms with Crippen molar-refractivity contribution < 1.29 is 9.53 Å². The number of nitrogens with zero attached hydrogens (tertiary/aromatic N) is 1. The molecule has 1 saturated carbocycles. The molecule has 1 aromatic rings. The number of benzene rings is 1. The van der Waals surface area contributed by atoms with E-state index in [2.05, 4.69) is 30.9 Å². The molecule has 3 heteroatoms. The molecule has 3 nitrogen and oxygen atoms in total. The molecule has 0 aliphatic heterocycles. The van der Waals surface area contributed by atoms with Gasteiger partial charge in [-0.05, 0) is 49.8 Å². The quantitative estimate of drug-likeness (QED) is 0.723. The number of rotatable bonds is 8. The summed E-state index contributed by atoms with van der Waals surface area (Å²) >= 11 is 0. The van der Waals surface area contributed by atoms with Crippen LogP contribution in [-0.4, -0.2) is 24.0 Å². The smallest absolute Gasteiger partial charge is 0.223 e. The minimum atomic E-state index is 0.298. The van der Waals surface area contributed by atoms with E-state index in [1.54, 1.807) is 7.11 Å². The second kappa shape index (κ2) is 7.48. The molecule has 116 valence electrons. The van der Waals surface area contributed by atoms with E-state index < -0.39 is 0 Å². The van der Waals surface area contributed by atoms with Crippen LogP contribution in [0.25, 0.3) is 0 Å². The monoisotopic (exact) mass is 289 g/mol. The summed E-state index contributed by atoms with van der Waals surface area (Å²) in [5.74, 6) is 1.86. The lowest BCUT2D eigenvalue weighted by Gasteiger charge is -2.30. The Labute approximate surface area is 128 Å². The Balaban J connectivity index is 2.04. The van der Waals surface area contributed by atoms with Crippen molar-refractivity contribution in [3.63, 3.8) is 0 Å². The average molecular weight is 289 g/mol. The fraction of sp³-hybridized carbons (Fsp3) is 0.611. The van der Waals surface area contributed by atoms with Crippen LogP contribution >= 0.6 is 0 Å². The van der Waals surface area contributed by atoms with Gasteiger partial charge in [0.15, 0.2) is 0 Å². The lowest BCUT2D eigenvalue weighted by atomic mass is 10.1. The van der Waals surface area contributed by atoms with Crippen molar-refractivity contribution in [3.8, 4) is 5.75 Å². The highest BCUT2D eigenvalue weighted by Gasteiger charge is 2.33. The molecular weight excluding hydrogens is 262 g/mol. The van der Waals surface area contributed by atoms with E-state index in [1.807, 2.05) is 12.1 Å². The lowest BCUT2D eigenvalue weighted by molar-refractivity contribution is -0.134. The second-order valence-corrected chi connectivity index (χ2v) is 6.05. The predicted molar refractivity (Wildman–Crippen MR) is 85.3 cm³/mol. The SMILES string of the molecule is CCCCC(=O)N(Cc1ccc(OC)cc1)C(C)C1CC1. The van der Waals surface area contributed by atoms with Crippen LogP contribution in [0.5, 0.6) is 5.75 Å². The van der Waals surface area contributed by atoms with E-state index in [-0.39, 0.29) is 0 Å². The lowest BCUT2D eigenvalue weighted by Crippen LogP contribution is -2.39. The van der Waals surface area contributed by atoms with E-state index in [0.717, 1.165) is 18.6 Å². The van der Waals surface area contributed by atoms with Crippen molar-refractivity contribution in [2.24, 2.45) is 5.92 Å². The molecule has 0 heterocycles. The first-order chi connectivity index (χ1) is 10.2. The number of carbonyl (C=O) groups is 1. The average Bonchev–Trinajstić information content (AvgIpc) is 3.35. The van der Waals surface area contributed by atoms with Crippen LogP contribution in [0.15, 0.2) is 24.3 Å². The third kappa shape index (κ3) is 4.48. The zero-order valence-electron chi connectivity index (χ0n) is 13.5. The van der Waals surface area contributed by atoms with Gasteiger partial charge < -0.3 is 9.64 Å². The molecule has 1 aromatic carbocycles. The van der Waals surface area contributed by atoms with Gasteiger partial charge in [-0.25, -0.2) is 0 Å². The van der Waals surface area contributed by atoms with Crippen molar-refractivity contribution in [1.29, 1.82) is 0 Å². The van der Waals surface area contributed by atoms with Gasteiger partial charge in [0.1, 0.15) is 5.75 Å². The highest BCUT2D eigenvalue weighted by molar-refractivity contribution is 5.76. The van der Waals surface area contributed by atoms with Crippen molar-refractivity contribution in [2.45, 2.75) is 58.5 Å². The number of hydrogen-bond acceptors (Lipinski definition) is 2. The Kier molecular flexibility index (Phi) is 5.66. The molecule has 1 fully saturated rings. The molecule has 21 heavy (non-hydrogen) atoms. The Hall–Kier alpha value is -1.51. The summed E-state index contributed by atoms with van der Waals surface area (Å²) in [6.07, 6.45) is 5.25. The van der Waals surface area contributed by atoms with E-state index in [0.29, 0.717) is 30.8 Å². The van der Waals surface area contributed by atoms with Gasteiger partial charge in [0.05, 0.1) is 7.11 Å². The molecule has 1 atom stereocenters. The maximum atomic E-state index is 12.5. The molecule has 1 unspecified atom stereocenters. The van der Waals surface area contributed by atoms with Crippen LogP contribution in [-0.2, 0) is 11.3 Å². The van der Waals surface area contributed by atoms with Crippen molar-refractivity contribution in [1.82, 2.24) is 4.90 Å².